The third kappa shape index (κ3) is 6.16. The van der Waals surface area contributed by atoms with Crippen molar-refractivity contribution in [2.45, 2.75) is 25.6 Å². The molecule has 0 aromatic heterocycles. The Bertz CT molecular complexity index is 1230. The van der Waals surface area contributed by atoms with Gasteiger partial charge in [-0.2, -0.15) is 13.2 Å². The standard InChI is InChI=1S/C27H26F3N3O3/c1-36-24-8-2-5-20(15-24)16-25(34)31-22-6-3-7-23(17-22)33-14-4-13-32(26(33)35)18-19-9-11-21(12-10-19)27(28,29)30/h2-3,5-12,15,17H,4,13-14,16,18H2,1H3,(H,31,34). The maximum Gasteiger partial charge on any atom is 0.416 e. The van der Waals surface area contributed by atoms with E-state index in [9.17, 15) is 22.8 Å². The molecule has 1 heterocycles. The first kappa shape index (κ1) is 25.1. The highest BCUT2D eigenvalue weighted by Gasteiger charge is 2.31. The maximum atomic E-state index is 13.2. The van der Waals surface area contributed by atoms with Crippen molar-refractivity contribution in [3.05, 3.63) is 89.5 Å². The summed E-state index contributed by atoms with van der Waals surface area (Å²) >= 11 is 0. The molecule has 0 spiro atoms. The van der Waals surface area contributed by atoms with Crippen LogP contribution in [0.4, 0.5) is 29.3 Å². The first-order valence-corrected chi connectivity index (χ1v) is 11.5. The van der Waals surface area contributed by atoms with Crippen LogP contribution in [-0.2, 0) is 23.9 Å². The Morgan fingerprint density at radius 2 is 1.72 bits per heavy atom. The summed E-state index contributed by atoms with van der Waals surface area (Å²) < 4.78 is 43.7. The lowest BCUT2D eigenvalue weighted by Crippen LogP contribution is -2.49. The lowest BCUT2D eigenvalue weighted by molar-refractivity contribution is -0.137. The number of carbonyl (C=O) groups excluding carboxylic acids is 2. The normalized spacial score (nSPS) is 14.1. The molecule has 9 heteroatoms. The Hall–Kier alpha value is -4.01. The Balaban J connectivity index is 1.41. The highest BCUT2D eigenvalue weighted by molar-refractivity contribution is 5.96. The SMILES string of the molecule is COc1cccc(CC(=O)Nc2cccc(N3CCCN(Cc4ccc(C(F)(F)F)cc4)C3=O)c2)c1. The van der Waals surface area contributed by atoms with Crippen molar-refractivity contribution < 1.29 is 27.5 Å². The summed E-state index contributed by atoms with van der Waals surface area (Å²) in [5, 5.41) is 2.87. The number of urea groups is 1. The van der Waals surface area contributed by atoms with Crippen LogP contribution in [-0.4, -0.2) is 37.0 Å². The Morgan fingerprint density at radius 1 is 0.972 bits per heavy atom. The molecule has 188 valence electrons. The molecule has 0 atom stereocenters. The van der Waals surface area contributed by atoms with Gasteiger partial charge in [-0.25, -0.2) is 4.79 Å². The minimum atomic E-state index is -4.40. The molecule has 4 rings (SSSR count). The van der Waals surface area contributed by atoms with Crippen molar-refractivity contribution in [1.29, 1.82) is 0 Å². The Kier molecular flexibility index (Phi) is 7.47. The van der Waals surface area contributed by atoms with Crippen molar-refractivity contribution in [3.63, 3.8) is 0 Å². The van der Waals surface area contributed by atoms with Crippen LogP contribution >= 0.6 is 0 Å². The molecule has 0 aliphatic carbocycles. The molecule has 3 aromatic rings. The second-order valence-electron chi connectivity index (χ2n) is 8.53. The topological polar surface area (TPSA) is 61.9 Å². The summed E-state index contributed by atoms with van der Waals surface area (Å²) in [5.74, 6) is 0.473. The highest BCUT2D eigenvalue weighted by Crippen LogP contribution is 2.30. The minimum absolute atomic E-state index is 0.172. The van der Waals surface area contributed by atoms with Crippen LogP contribution in [0.3, 0.4) is 0 Å². The van der Waals surface area contributed by atoms with E-state index >= 15 is 0 Å². The smallest absolute Gasteiger partial charge is 0.416 e. The summed E-state index contributed by atoms with van der Waals surface area (Å²) in [6.07, 6.45) is -3.52. The summed E-state index contributed by atoms with van der Waals surface area (Å²) in [7, 11) is 1.57. The number of nitrogens with zero attached hydrogens (tertiary/aromatic N) is 2. The lowest BCUT2D eigenvalue weighted by atomic mass is 10.1. The number of alkyl halides is 3. The van der Waals surface area contributed by atoms with E-state index in [2.05, 4.69) is 5.32 Å². The number of ether oxygens (including phenoxy) is 1. The predicted octanol–water partition coefficient (Wildman–Crippen LogP) is 5.73. The molecule has 0 bridgehead atoms. The number of methoxy groups -OCH3 is 1. The van der Waals surface area contributed by atoms with Crippen LogP contribution in [0.1, 0.15) is 23.1 Å². The van der Waals surface area contributed by atoms with Crippen molar-refractivity contribution in [3.8, 4) is 5.75 Å². The minimum Gasteiger partial charge on any atom is -0.497 e. The van der Waals surface area contributed by atoms with Crippen LogP contribution in [0.25, 0.3) is 0 Å². The van der Waals surface area contributed by atoms with E-state index in [1.165, 1.54) is 12.1 Å². The number of hydrogen-bond acceptors (Lipinski definition) is 3. The zero-order chi connectivity index (χ0) is 25.7. The molecule has 3 aromatic carbocycles. The van der Waals surface area contributed by atoms with Gasteiger partial charge in [-0.15, -0.1) is 0 Å². The van der Waals surface area contributed by atoms with Crippen molar-refractivity contribution >= 4 is 23.3 Å². The van der Waals surface area contributed by atoms with Gasteiger partial charge in [0.2, 0.25) is 5.91 Å². The van der Waals surface area contributed by atoms with E-state index in [0.29, 0.717) is 42.2 Å². The maximum absolute atomic E-state index is 13.2. The fourth-order valence-corrected chi connectivity index (χ4v) is 4.11. The van der Waals surface area contributed by atoms with Gasteiger partial charge in [0, 0.05) is 31.0 Å². The summed E-state index contributed by atoms with van der Waals surface area (Å²) in [5.41, 5.74) is 1.91. The van der Waals surface area contributed by atoms with Crippen LogP contribution in [0.5, 0.6) is 5.75 Å². The van der Waals surface area contributed by atoms with Gasteiger partial charge < -0.3 is 15.0 Å². The molecule has 1 N–H and O–H groups in total. The summed E-state index contributed by atoms with van der Waals surface area (Å²) in [6, 6.07) is 18.9. The van der Waals surface area contributed by atoms with Gasteiger partial charge >= 0.3 is 12.2 Å². The van der Waals surface area contributed by atoms with E-state index in [-0.39, 0.29) is 24.9 Å². The van der Waals surface area contributed by atoms with Crippen LogP contribution < -0.4 is 15.0 Å². The summed E-state index contributed by atoms with van der Waals surface area (Å²) in [4.78, 5) is 29.0. The van der Waals surface area contributed by atoms with Gasteiger partial charge in [-0.05, 0) is 60.0 Å². The first-order valence-electron chi connectivity index (χ1n) is 11.5. The molecule has 0 unspecified atom stereocenters. The Labute approximate surface area is 207 Å². The van der Waals surface area contributed by atoms with Crippen molar-refractivity contribution in [2.75, 3.05) is 30.4 Å². The monoisotopic (exact) mass is 497 g/mol. The molecular formula is C27H26F3N3O3. The molecule has 36 heavy (non-hydrogen) atoms. The highest BCUT2D eigenvalue weighted by atomic mass is 19.4. The van der Waals surface area contributed by atoms with E-state index in [0.717, 1.165) is 17.7 Å². The molecule has 3 amide bonds. The molecule has 6 nitrogen and oxygen atoms in total. The summed E-state index contributed by atoms with van der Waals surface area (Å²) in [6.45, 7) is 1.22. The predicted molar refractivity (Wildman–Crippen MR) is 131 cm³/mol. The Morgan fingerprint density at radius 3 is 2.44 bits per heavy atom. The van der Waals surface area contributed by atoms with Crippen molar-refractivity contribution in [2.24, 2.45) is 0 Å². The number of benzene rings is 3. The third-order valence-electron chi connectivity index (χ3n) is 5.91. The number of halogens is 3. The second-order valence-corrected chi connectivity index (χ2v) is 8.53. The molecule has 0 radical (unpaired) electrons. The quantitative estimate of drug-likeness (QED) is 0.454. The van der Waals surface area contributed by atoms with E-state index in [4.69, 9.17) is 4.74 Å². The fourth-order valence-electron chi connectivity index (χ4n) is 4.11. The fraction of sp³-hybridized carbons (Fsp3) is 0.259. The van der Waals surface area contributed by atoms with E-state index < -0.39 is 11.7 Å². The number of hydrogen-bond donors (Lipinski definition) is 1. The van der Waals surface area contributed by atoms with E-state index in [1.807, 2.05) is 12.1 Å². The number of anilines is 2. The molecule has 1 fully saturated rings. The number of carbonyl (C=O) groups is 2. The van der Waals surface area contributed by atoms with Gasteiger partial charge in [0.25, 0.3) is 0 Å². The lowest BCUT2D eigenvalue weighted by Gasteiger charge is -2.36. The molecule has 0 saturated carbocycles. The van der Waals surface area contributed by atoms with Gasteiger partial charge in [-0.3, -0.25) is 9.69 Å². The van der Waals surface area contributed by atoms with Gasteiger partial charge in [0.1, 0.15) is 5.75 Å². The molecule has 1 aliphatic heterocycles. The number of nitrogens with one attached hydrogen (secondary N) is 1. The van der Waals surface area contributed by atoms with Gasteiger partial charge in [0.15, 0.2) is 0 Å². The van der Waals surface area contributed by atoms with Gasteiger partial charge in [-0.1, -0.05) is 30.3 Å². The number of rotatable bonds is 7. The average Bonchev–Trinajstić information content (AvgIpc) is 2.85. The van der Waals surface area contributed by atoms with E-state index in [1.54, 1.807) is 53.3 Å². The van der Waals surface area contributed by atoms with Crippen LogP contribution in [0.15, 0.2) is 72.8 Å². The van der Waals surface area contributed by atoms with Crippen LogP contribution in [0, 0.1) is 0 Å². The number of amides is 3. The average molecular weight is 498 g/mol. The van der Waals surface area contributed by atoms with Crippen LogP contribution in [0.2, 0.25) is 0 Å². The zero-order valence-electron chi connectivity index (χ0n) is 19.7. The first-order chi connectivity index (χ1) is 17.2. The van der Waals surface area contributed by atoms with Gasteiger partial charge in [0.05, 0.1) is 19.1 Å². The zero-order valence-corrected chi connectivity index (χ0v) is 19.7. The second kappa shape index (κ2) is 10.7. The molecular weight excluding hydrogens is 471 g/mol. The molecule has 1 aliphatic rings. The van der Waals surface area contributed by atoms with Crippen molar-refractivity contribution in [1.82, 2.24) is 4.90 Å². The molecule has 1 saturated heterocycles. The largest absolute Gasteiger partial charge is 0.497 e. The third-order valence-corrected chi connectivity index (χ3v) is 5.91.